The first kappa shape index (κ1) is 10.9. The standard InChI is InChI=1S/C11H9F3N2/c1-7-9-4-8(11(13,14)5-12)2-3-10(9)16-6-15-7/h2-4,6H,5H2,1H3. The maximum atomic E-state index is 13.1. The average Bonchev–Trinajstić information content (AvgIpc) is 2.29. The summed E-state index contributed by atoms with van der Waals surface area (Å²) in [7, 11) is 0. The number of hydrogen-bond donors (Lipinski definition) is 0. The minimum absolute atomic E-state index is 0.347. The quantitative estimate of drug-likeness (QED) is 0.786. The Morgan fingerprint density at radius 2 is 2.00 bits per heavy atom. The van der Waals surface area contributed by atoms with Crippen LogP contribution in [0.3, 0.4) is 0 Å². The van der Waals surface area contributed by atoms with Crippen LogP contribution in [0, 0.1) is 6.92 Å². The highest BCUT2D eigenvalue weighted by atomic mass is 19.3. The van der Waals surface area contributed by atoms with Gasteiger partial charge in [0.1, 0.15) is 6.33 Å². The van der Waals surface area contributed by atoms with Crippen LogP contribution in [0.2, 0.25) is 0 Å². The molecule has 2 nitrogen and oxygen atoms in total. The molecule has 2 rings (SSSR count). The highest BCUT2D eigenvalue weighted by Crippen LogP contribution is 2.30. The maximum Gasteiger partial charge on any atom is 0.301 e. The second kappa shape index (κ2) is 3.73. The van der Waals surface area contributed by atoms with Crippen LogP contribution in [0.25, 0.3) is 10.9 Å². The Bertz CT molecular complexity index is 526. The zero-order chi connectivity index (χ0) is 11.8. The number of aryl methyl sites for hydroxylation is 1. The molecule has 5 heteroatoms. The van der Waals surface area contributed by atoms with Crippen LogP contribution in [0.5, 0.6) is 0 Å². The van der Waals surface area contributed by atoms with Gasteiger partial charge in [-0.2, -0.15) is 8.78 Å². The molecule has 0 N–H and O–H groups in total. The van der Waals surface area contributed by atoms with E-state index < -0.39 is 12.6 Å². The van der Waals surface area contributed by atoms with E-state index in [1.54, 1.807) is 6.92 Å². The van der Waals surface area contributed by atoms with Gasteiger partial charge in [-0.05, 0) is 19.1 Å². The predicted molar refractivity (Wildman–Crippen MR) is 54.1 cm³/mol. The molecule has 84 valence electrons. The van der Waals surface area contributed by atoms with Crippen molar-refractivity contribution in [3.63, 3.8) is 0 Å². The van der Waals surface area contributed by atoms with E-state index in [1.807, 2.05) is 0 Å². The minimum Gasteiger partial charge on any atom is -0.244 e. The van der Waals surface area contributed by atoms with Gasteiger partial charge in [0, 0.05) is 16.6 Å². The molecule has 0 unspecified atom stereocenters. The van der Waals surface area contributed by atoms with Crippen LogP contribution < -0.4 is 0 Å². The SMILES string of the molecule is Cc1ncnc2ccc(C(F)(F)CF)cc12. The Balaban J connectivity index is 2.64. The summed E-state index contributed by atoms with van der Waals surface area (Å²) in [4.78, 5) is 7.85. The zero-order valence-corrected chi connectivity index (χ0v) is 8.54. The fraction of sp³-hybridized carbons (Fsp3) is 0.273. The van der Waals surface area contributed by atoms with Crippen molar-refractivity contribution in [1.29, 1.82) is 0 Å². The molecule has 1 aromatic heterocycles. The summed E-state index contributed by atoms with van der Waals surface area (Å²) in [6, 6.07) is 3.88. The second-order valence-electron chi connectivity index (χ2n) is 3.53. The third kappa shape index (κ3) is 1.73. The first-order valence-electron chi connectivity index (χ1n) is 4.70. The van der Waals surface area contributed by atoms with Crippen LogP contribution in [0.15, 0.2) is 24.5 Å². The van der Waals surface area contributed by atoms with Gasteiger partial charge in [0.25, 0.3) is 0 Å². The summed E-state index contributed by atoms with van der Waals surface area (Å²) >= 11 is 0. The zero-order valence-electron chi connectivity index (χ0n) is 8.54. The molecule has 0 amide bonds. The molecular formula is C11H9F3N2. The molecule has 0 radical (unpaired) electrons. The maximum absolute atomic E-state index is 13.1. The van der Waals surface area contributed by atoms with Crippen LogP contribution in [0.1, 0.15) is 11.3 Å². The summed E-state index contributed by atoms with van der Waals surface area (Å²) in [5.41, 5.74) is 0.827. The molecule has 0 fully saturated rings. The van der Waals surface area contributed by atoms with E-state index in [1.165, 1.54) is 24.5 Å². The lowest BCUT2D eigenvalue weighted by Crippen LogP contribution is -2.15. The highest BCUT2D eigenvalue weighted by Gasteiger charge is 2.31. The molecule has 1 aromatic carbocycles. The highest BCUT2D eigenvalue weighted by molar-refractivity contribution is 5.81. The van der Waals surface area contributed by atoms with Crippen molar-refractivity contribution >= 4 is 10.9 Å². The van der Waals surface area contributed by atoms with Crippen molar-refractivity contribution < 1.29 is 13.2 Å². The molecule has 0 saturated carbocycles. The molecule has 0 atom stereocenters. The predicted octanol–water partition coefficient (Wildman–Crippen LogP) is 3.00. The summed E-state index contributed by atoms with van der Waals surface area (Å²) in [5.74, 6) is -3.45. The minimum atomic E-state index is -3.45. The molecule has 0 aliphatic rings. The summed E-state index contributed by atoms with van der Waals surface area (Å²) in [5, 5.41) is 0.521. The summed E-state index contributed by atoms with van der Waals surface area (Å²) < 4.78 is 38.4. The fourth-order valence-corrected chi connectivity index (χ4v) is 1.49. The Morgan fingerprint density at radius 1 is 1.25 bits per heavy atom. The number of rotatable bonds is 2. The Morgan fingerprint density at radius 3 is 2.69 bits per heavy atom. The van der Waals surface area contributed by atoms with E-state index in [0.717, 1.165) is 0 Å². The molecule has 0 bridgehead atoms. The van der Waals surface area contributed by atoms with E-state index in [4.69, 9.17) is 0 Å². The lowest BCUT2D eigenvalue weighted by Gasteiger charge is -2.13. The summed E-state index contributed by atoms with van der Waals surface area (Å²) in [6.45, 7) is -0.00731. The van der Waals surface area contributed by atoms with Crippen molar-refractivity contribution in [1.82, 2.24) is 9.97 Å². The number of nitrogens with zero attached hydrogens (tertiary/aromatic N) is 2. The average molecular weight is 226 g/mol. The lowest BCUT2D eigenvalue weighted by atomic mass is 10.1. The summed E-state index contributed by atoms with van der Waals surface area (Å²) in [6.07, 6.45) is 1.37. The largest absolute Gasteiger partial charge is 0.301 e. The van der Waals surface area contributed by atoms with Crippen molar-refractivity contribution in [3.8, 4) is 0 Å². The molecule has 16 heavy (non-hydrogen) atoms. The van der Waals surface area contributed by atoms with Gasteiger partial charge < -0.3 is 0 Å². The van der Waals surface area contributed by atoms with Gasteiger partial charge in [-0.15, -0.1) is 0 Å². The Hall–Kier alpha value is -1.65. The van der Waals surface area contributed by atoms with E-state index in [2.05, 4.69) is 9.97 Å². The molecule has 2 aromatic rings. The van der Waals surface area contributed by atoms with Crippen molar-refractivity contribution in [3.05, 3.63) is 35.8 Å². The molecule has 0 aliphatic carbocycles. The Labute approximate surface area is 90.1 Å². The van der Waals surface area contributed by atoms with Gasteiger partial charge in [0.05, 0.1) is 5.52 Å². The van der Waals surface area contributed by atoms with Crippen LogP contribution in [0.4, 0.5) is 13.2 Å². The first-order chi connectivity index (χ1) is 7.54. The van der Waals surface area contributed by atoms with Gasteiger partial charge in [0.15, 0.2) is 6.67 Å². The fourth-order valence-electron chi connectivity index (χ4n) is 1.49. The number of aromatic nitrogens is 2. The smallest absolute Gasteiger partial charge is 0.244 e. The third-order valence-electron chi connectivity index (χ3n) is 2.42. The molecule has 0 saturated heterocycles. The molecule has 0 aliphatic heterocycles. The normalized spacial score (nSPS) is 12.0. The monoisotopic (exact) mass is 226 g/mol. The van der Waals surface area contributed by atoms with Crippen LogP contribution in [-0.4, -0.2) is 16.6 Å². The van der Waals surface area contributed by atoms with Gasteiger partial charge >= 0.3 is 5.92 Å². The van der Waals surface area contributed by atoms with Crippen LogP contribution in [-0.2, 0) is 5.92 Å². The van der Waals surface area contributed by atoms with Crippen LogP contribution >= 0.6 is 0 Å². The van der Waals surface area contributed by atoms with E-state index in [-0.39, 0.29) is 5.56 Å². The topological polar surface area (TPSA) is 25.8 Å². The van der Waals surface area contributed by atoms with Gasteiger partial charge in [-0.3, -0.25) is 0 Å². The van der Waals surface area contributed by atoms with Crippen molar-refractivity contribution in [2.45, 2.75) is 12.8 Å². The number of fused-ring (bicyclic) bond motifs is 1. The van der Waals surface area contributed by atoms with E-state index in [0.29, 0.717) is 16.6 Å². The lowest BCUT2D eigenvalue weighted by molar-refractivity contribution is -0.0279. The molecular weight excluding hydrogens is 217 g/mol. The molecule has 1 heterocycles. The van der Waals surface area contributed by atoms with Gasteiger partial charge in [0.2, 0.25) is 0 Å². The second-order valence-corrected chi connectivity index (χ2v) is 3.53. The number of halogens is 3. The number of alkyl halides is 3. The van der Waals surface area contributed by atoms with Crippen molar-refractivity contribution in [2.75, 3.05) is 6.67 Å². The molecule has 0 spiro atoms. The first-order valence-corrected chi connectivity index (χ1v) is 4.70. The van der Waals surface area contributed by atoms with Crippen molar-refractivity contribution in [2.24, 2.45) is 0 Å². The van der Waals surface area contributed by atoms with Gasteiger partial charge in [-0.25, -0.2) is 14.4 Å². The van der Waals surface area contributed by atoms with E-state index in [9.17, 15) is 13.2 Å². The third-order valence-corrected chi connectivity index (χ3v) is 2.42. The number of hydrogen-bond acceptors (Lipinski definition) is 2. The Kier molecular flexibility index (Phi) is 2.53. The van der Waals surface area contributed by atoms with Gasteiger partial charge in [-0.1, -0.05) is 6.07 Å². The van der Waals surface area contributed by atoms with E-state index >= 15 is 0 Å². The number of benzene rings is 1.